The smallest absolute Gasteiger partial charge is 0.414 e. The van der Waals surface area contributed by atoms with Crippen LogP contribution < -0.4 is 24.3 Å². The molecule has 0 saturated heterocycles. The molecule has 3 N–H and O–H groups in total. The van der Waals surface area contributed by atoms with E-state index in [0.29, 0.717) is 6.54 Å². The van der Waals surface area contributed by atoms with Crippen molar-refractivity contribution in [2.45, 2.75) is 13.0 Å². The van der Waals surface area contributed by atoms with Crippen molar-refractivity contribution < 1.29 is 38.7 Å². The second kappa shape index (κ2) is 12.9. The number of rotatable bonds is 9. The van der Waals surface area contributed by atoms with Crippen LogP contribution in [0.15, 0.2) is 36.4 Å². The maximum atomic E-state index is 9.10. The highest BCUT2D eigenvalue weighted by atomic mass is 16.5. The molecule has 0 unspecified atom stereocenters. The van der Waals surface area contributed by atoms with Gasteiger partial charge in [0, 0.05) is 12.1 Å². The molecule has 0 aromatic heterocycles. The van der Waals surface area contributed by atoms with Gasteiger partial charge in [-0.2, -0.15) is 0 Å². The summed E-state index contributed by atoms with van der Waals surface area (Å²) < 4.78 is 21.4. The van der Waals surface area contributed by atoms with Crippen molar-refractivity contribution in [3.63, 3.8) is 0 Å². The first-order valence-corrected chi connectivity index (χ1v) is 8.95. The lowest BCUT2D eigenvalue weighted by Gasteiger charge is -2.13. The van der Waals surface area contributed by atoms with Crippen LogP contribution in [-0.4, -0.2) is 57.1 Å². The van der Waals surface area contributed by atoms with E-state index in [2.05, 4.69) is 11.4 Å². The molecule has 0 amide bonds. The summed E-state index contributed by atoms with van der Waals surface area (Å²) in [6.45, 7) is 1.56. The maximum Gasteiger partial charge on any atom is 0.414 e. The second-order valence-electron chi connectivity index (χ2n) is 5.88. The average Bonchev–Trinajstić information content (AvgIpc) is 2.76. The van der Waals surface area contributed by atoms with E-state index < -0.39 is 11.9 Å². The molecule has 0 spiro atoms. The Bertz CT molecular complexity index is 826. The fourth-order valence-corrected chi connectivity index (χ4v) is 2.58. The summed E-state index contributed by atoms with van der Waals surface area (Å²) in [6, 6.07) is 11.9. The van der Waals surface area contributed by atoms with Gasteiger partial charge in [-0.15, -0.1) is 0 Å². The monoisotopic (exact) mass is 421 g/mol. The molecular formula is C21H27NO8. The van der Waals surface area contributed by atoms with Gasteiger partial charge in [-0.1, -0.05) is 18.2 Å². The van der Waals surface area contributed by atoms with E-state index in [1.807, 2.05) is 30.3 Å². The minimum atomic E-state index is -1.82. The Morgan fingerprint density at radius 1 is 0.833 bits per heavy atom. The molecule has 0 atom stereocenters. The zero-order valence-corrected chi connectivity index (χ0v) is 17.4. The van der Waals surface area contributed by atoms with E-state index in [9.17, 15) is 0 Å². The van der Waals surface area contributed by atoms with Crippen LogP contribution in [0.4, 0.5) is 0 Å². The minimum absolute atomic E-state index is 0.716. The van der Waals surface area contributed by atoms with Crippen molar-refractivity contribution in [1.29, 1.82) is 0 Å². The molecule has 0 aliphatic rings. The average molecular weight is 421 g/mol. The van der Waals surface area contributed by atoms with Crippen LogP contribution >= 0.6 is 0 Å². The Hall–Kier alpha value is -3.46. The van der Waals surface area contributed by atoms with Crippen molar-refractivity contribution in [3.05, 3.63) is 47.5 Å². The van der Waals surface area contributed by atoms with Crippen LogP contribution in [0.2, 0.25) is 0 Å². The summed E-state index contributed by atoms with van der Waals surface area (Å²) in [5.74, 6) is -0.625. The summed E-state index contributed by atoms with van der Waals surface area (Å²) in [7, 11) is 6.59. The quantitative estimate of drug-likeness (QED) is 0.413. The molecule has 0 bridgehead atoms. The molecule has 0 heterocycles. The summed E-state index contributed by atoms with van der Waals surface area (Å²) in [6.07, 6.45) is 0.895. The predicted molar refractivity (Wildman–Crippen MR) is 110 cm³/mol. The Morgan fingerprint density at radius 2 is 1.47 bits per heavy atom. The van der Waals surface area contributed by atoms with Gasteiger partial charge in [0.2, 0.25) is 0 Å². The summed E-state index contributed by atoms with van der Waals surface area (Å²) in [4.78, 5) is 18.2. The zero-order chi connectivity index (χ0) is 22.5. The molecule has 9 heteroatoms. The van der Waals surface area contributed by atoms with E-state index >= 15 is 0 Å². The Kier molecular flexibility index (Phi) is 10.6. The van der Waals surface area contributed by atoms with Gasteiger partial charge in [0.15, 0.2) is 23.0 Å². The van der Waals surface area contributed by atoms with Crippen LogP contribution in [-0.2, 0) is 22.6 Å². The Balaban J connectivity index is 0.000000656. The summed E-state index contributed by atoms with van der Waals surface area (Å²) in [5.41, 5.74) is 2.27. The second-order valence-corrected chi connectivity index (χ2v) is 5.88. The molecule has 0 aliphatic heterocycles. The van der Waals surface area contributed by atoms with Crippen LogP contribution in [0, 0.1) is 0 Å². The van der Waals surface area contributed by atoms with Crippen LogP contribution in [0.5, 0.6) is 23.0 Å². The molecule has 2 aromatic carbocycles. The molecule has 164 valence electrons. The lowest BCUT2D eigenvalue weighted by Crippen LogP contribution is -2.17. The fraction of sp³-hybridized carbons (Fsp3) is 0.333. The Labute approximate surface area is 175 Å². The van der Waals surface area contributed by atoms with Gasteiger partial charge >= 0.3 is 11.9 Å². The number of nitrogens with one attached hydrogen (secondary N) is 1. The van der Waals surface area contributed by atoms with Gasteiger partial charge in [-0.05, 0) is 36.7 Å². The topological polar surface area (TPSA) is 124 Å². The van der Waals surface area contributed by atoms with E-state index in [4.69, 9.17) is 38.7 Å². The maximum absolute atomic E-state index is 9.10. The number of hydrogen-bond donors (Lipinski definition) is 3. The highest BCUT2D eigenvalue weighted by molar-refractivity contribution is 6.27. The number of carbonyl (C=O) groups is 2. The third-order valence-corrected chi connectivity index (χ3v) is 4.02. The number of hydrogen-bond acceptors (Lipinski definition) is 7. The standard InChI is InChI=1S/C19H25NO4.C2H2O4/c1-21-16-9-8-14(12-18(16)23-3)10-11-20-13-15-6-5-7-17(22-2)19(15)24-4;3-1(4)2(5)6/h5-9,12,20H,10-11,13H2,1-4H3;(H,3,4)(H,5,6). The van der Waals surface area contributed by atoms with Gasteiger partial charge < -0.3 is 34.5 Å². The molecule has 0 radical (unpaired) electrons. The minimum Gasteiger partial charge on any atom is -0.493 e. The van der Waals surface area contributed by atoms with Gasteiger partial charge in [-0.3, -0.25) is 0 Å². The highest BCUT2D eigenvalue weighted by Gasteiger charge is 2.09. The first kappa shape index (κ1) is 24.6. The van der Waals surface area contributed by atoms with Crippen molar-refractivity contribution in [1.82, 2.24) is 5.32 Å². The summed E-state index contributed by atoms with van der Waals surface area (Å²) in [5, 5.41) is 18.2. The Morgan fingerprint density at radius 3 is 2.00 bits per heavy atom. The first-order valence-electron chi connectivity index (χ1n) is 8.95. The van der Waals surface area contributed by atoms with E-state index in [1.165, 1.54) is 5.56 Å². The molecule has 2 aromatic rings. The van der Waals surface area contributed by atoms with Gasteiger partial charge in [0.25, 0.3) is 0 Å². The van der Waals surface area contributed by atoms with Crippen LogP contribution in [0.25, 0.3) is 0 Å². The molecular weight excluding hydrogens is 394 g/mol. The van der Waals surface area contributed by atoms with Gasteiger partial charge in [0.05, 0.1) is 28.4 Å². The molecule has 0 fully saturated rings. The summed E-state index contributed by atoms with van der Waals surface area (Å²) >= 11 is 0. The normalized spacial score (nSPS) is 9.73. The van der Waals surface area contributed by atoms with E-state index in [-0.39, 0.29) is 0 Å². The number of methoxy groups -OCH3 is 4. The van der Waals surface area contributed by atoms with E-state index in [1.54, 1.807) is 28.4 Å². The first-order chi connectivity index (χ1) is 14.4. The molecule has 0 aliphatic carbocycles. The van der Waals surface area contributed by atoms with Crippen molar-refractivity contribution >= 4 is 11.9 Å². The lowest BCUT2D eigenvalue weighted by atomic mass is 10.1. The number of benzene rings is 2. The zero-order valence-electron chi connectivity index (χ0n) is 17.4. The number of ether oxygens (including phenoxy) is 4. The van der Waals surface area contributed by atoms with Crippen LogP contribution in [0.3, 0.4) is 0 Å². The lowest BCUT2D eigenvalue weighted by molar-refractivity contribution is -0.159. The fourth-order valence-electron chi connectivity index (χ4n) is 2.58. The number of carboxylic acid groups (broad SMARTS) is 2. The molecule has 9 nitrogen and oxygen atoms in total. The third-order valence-electron chi connectivity index (χ3n) is 4.02. The number of para-hydroxylation sites is 1. The highest BCUT2D eigenvalue weighted by Crippen LogP contribution is 2.30. The predicted octanol–water partition coefficient (Wildman–Crippen LogP) is 2.21. The molecule has 0 saturated carbocycles. The SMILES string of the molecule is COc1ccc(CCNCc2cccc(OC)c2OC)cc1OC.O=C(O)C(=O)O. The van der Waals surface area contributed by atoms with Crippen molar-refractivity contribution in [2.24, 2.45) is 0 Å². The van der Waals surface area contributed by atoms with Crippen molar-refractivity contribution in [3.8, 4) is 23.0 Å². The number of aliphatic carboxylic acids is 2. The number of carboxylic acids is 2. The molecule has 2 rings (SSSR count). The van der Waals surface area contributed by atoms with Gasteiger partial charge in [-0.25, -0.2) is 9.59 Å². The van der Waals surface area contributed by atoms with E-state index in [0.717, 1.165) is 41.5 Å². The third kappa shape index (κ3) is 7.51. The van der Waals surface area contributed by atoms with Crippen molar-refractivity contribution in [2.75, 3.05) is 35.0 Å². The largest absolute Gasteiger partial charge is 0.493 e. The van der Waals surface area contributed by atoms with Crippen LogP contribution in [0.1, 0.15) is 11.1 Å². The van der Waals surface area contributed by atoms with Gasteiger partial charge in [0.1, 0.15) is 0 Å². The molecule has 30 heavy (non-hydrogen) atoms.